The molecular formula is C18H14Cl2N2O6. The van der Waals surface area contributed by atoms with Crippen molar-refractivity contribution in [3.05, 3.63) is 52.3 Å². The summed E-state index contributed by atoms with van der Waals surface area (Å²) in [6.07, 6.45) is 0.397. The van der Waals surface area contributed by atoms with E-state index in [4.69, 9.17) is 27.9 Å². The second kappa shape index (κ2) is 7.29. The highest BCUT2D eigenvalue weighted by atomic mass is 35.5. The Kier molecular flexibility index (Phi) is 5.18. The van der Waals surface area contributed by atoms with Gasteiger partial charge in [0.15, 0.2) is 0 Å². The molecule has 1 aliphatic rings. The summed E-state index contributed by atoms with van der Waals surface area (Å²) in [5.74, 6) is -4.28. The smallest absolute Gasteiger partial charge is 0.342 e. The number of fused-ring (bicyclic) bond motifs is 1. The molecular weight excluding hydrogens is 411 g/mol. The molecule has 2 aromatic rings. The minimum absolute atomic E-state index is 0.0417. The van der Waals surface area contributed by atoms with E-state index in [9.17, 15) is 24.3 Å². The van der Waals surface area contributed by atoms with Crippen molar-refractivity contribution in [3.8, 4) is 0 Å². The molecule has 0 radical (unpaired) electrons. The van der Waals surface area contributed by atoms with Crippen molar-refractivity contribution < 1.29 is 29.0 Å². The van der Waals surface area contributed by atoms with Gasteiger partial charge in [-0.1, -0.05) is 23.2 Å². The Bertz CT molecular complexity index is 1000. The normalized spacial score (nSPS) is 18.8. The van der Waals surface area contributed by atoms with Crippen molar-refractivity contribution in [3.63, 3.8) is 0 Å². The number of ether oxygens (including phenoxy) is 1. The van der Waals surface area contributed by atoms with E-state index in [1.54, 1.807) is 0 Å². The summed E-state index contributed by atoms with van der Waals surface area (Å²) in [4.78, 5) is 51.5. The number of benzene rings is 1. The number of anilines is 1. The number of nitrogens with zero attached hydrogens (tertiary/aromatic N) is 2. The lowest BCUT2D eigenvalue weighted by Crippen LogP contribution is -2.63. The monoisotopic (exact) mass is 424 g/mol. The van der Waals surface area contributed by atoms with Crippen molar-refractivity contribution >= 4 is 52.6 Å². The Labute approximate surface area is 169 Å². The number of carbonyl (C=O) groups is 4. The Hall–Kier alpha value is -2.84. The highest BCUT2D eigenvalue weighted by molar-refractivity contribution is 6.42. The van der Waals surface area contributed by atoms with Gasteiger partial charge in [0.25, 0.3) is 11.8 Å². The molecule has 28 heavy (non-hydrogen) atoms. The molecule has 0 fully saturated rings. The highest BCUT2D eigenvalue weighted by Gasteiger charge is 2.58. The number of carboxylic acids is 1. The van der Waals surface area contributed by atoms with E-state index >= 15 is 0 Å². The van der Waals surface area contributed by atoms with Gasteiger partial charge < -0.3 is 14.4 Å². The van der Waals surface area contributed by atoms with E-state index in [-0.39, 0.29) is 28.0 Å². The predicted molar refractivity (Wildman–Crippen MR) is 99.6 cm³/mol. The minimum Gasteiger partial charge on any atom is -0.481 e. The van der Waals surface area contributed by atoms with Gasteiger partial charge >= 0.3 is 11.9 Å². The van der Waals surface area contributed by atoms with Gasteiger partial charge in [0.05, 0.1) is 28.8 Å². The first kappa shape index (κ1) is 19.9. The van der Waals surface area contributed by atoms with Crippen LogP contribution in [0.25, 0.3) is 0 Å². The van der Waals surface area contributed by atoms with Crippen LogP contribution in [0.3, 0.4) is 0 Å². The molecule has 0 spiro atoms. The van der Waals surface area contributed by atoms with Crippen molar-refractivity contribution in [2.45, 2.75) is 18.9 Å². The van der Waals surface area contributed by atoms with E-state index in [1.165, 1.54) is 43.5 Å². The lowest BCUT2D eigenvalue weighted by Gasteiger charge is -2.39. The van der Waals surface area contributed by atoms with Gasteiger partial charge in [0.1, 0.15) is 5.69 Å². The Balaban J connectivity index is 2.27. The number of halogens is 2. The van der Waals surface area contributed by atoms with Crippen LogP contribution in [0, 0.1) is 0 Å². The highest BCUT2D eigenvalue weighted by Crippen LogP contribution is 2.37. The van der Waals surface area contributed by atoms with Gasteiger partial charge in [0.2, 0.25) is 5.54 Å². The fourth-order valence-electron chi connectivity index (χ4n) is 3.13. The number of aliphatic carboxylic acids is 1. The third kappa shape index (κ3) is 2.94. The Morgan fingerprint density at radius 2 is 1.89 bits per heavy atom. The van der Waals surface area contributed by atoms with Gasteiger partial charge in [-0.2, -0.15) is 0 Å². The number of rotatable bonds is 5. The molecule has 1 aromatic carbocycles. The van der Waals surface area contributed by atoms with Gasteiger partial charge in [0, 0.05) is 6.20 Å². The maximum atomic E-state index is 13.4. The number of hydrogen-bond donors (Lipinski definition) is 1. The fraction of sp³-hybridized carbons (Fsp3) is 0.222. The molecule has 0 aliphatic carbocycles. The van der Waals surface area contributed by atoms with Crippen LogP contribution in [-0.2, 0) is 24.7 Å². The summed E-state index contributed by atoms with van der Waals surface area (Å²) < 4.78 is 6.07. The van der Waals surface area contributed by atoms with Crippen molar-refractivity contribution in [1.29, 1.82) is 0 Å². The van der Waals surface area contributed by atoms with Gasteiger partial charge in [-0.15, -0.1) is 0 Å². The summed E-state index contributed by atoms with van der Waals surface area (Å²) in [6, 6.07) is 6.87. The molecule has 0 saturated heterocycles. The van der Waals surface area contributed by atoms with Crippen LogP contribution >= 0.6 is 23.2 Å². The predicted octanol–water partition coefficient (Wildman–Crippen LogP) is 2.72. The first-order chi connectivity index (χ1) is 13.2. The van der Waals surface area contributed by atoms with Crippen LogP contribution < -0.4 is 4.90 Å². The fourth-order valence-corrected chi connectivity index (χ4v) is 3.42. The lowest BCUT2D eigenvalue weighted by atomic mass is 9.89. The molecule has 10 heteroatoms. The molecule has 8 nitrogen and oxygen atoms in total. The molecule has 3 rings (SSSR count). The molecule has 0 bridgehead atoms. The average molecular weight is 425 g/mol. The molecule has 1 atom stereocenters. The summed E-state index contributed by atoms with van der Waals surface area (Å²) in [6.45, 7) is 1.45. The van der Waals surface area contributed by atoms with Gasteiger partial charge in [-0.05, 0) is 37.3 Å². The van der Waals surface area contributed by atoms with Gasteiger partial charge in [-0.3, -0.25) is 14.4 Å². The molecule has 2 heterocycles. The van der Waals surface area contributed by atoms with Crippen LogP contribution in [0.4, 0.5) is 5.69 Å². The zero-order chi connectivity index (χ0) is 20.6. The summed E-state index contributed by atoms with van der Waals surface area (Å²) in [5, 5.41) is 9.70. The maximum absolute atomic E-state index is 13.4. The van der Waals surface area contributed by atoms with Crippen LogP contribution in [-0.4, -0.2) is 40.0 Å². The van der Waals surface area contributed by atoms with E-state index in [2.05, 4.69) is 0 Å². The molecule has 146 valence electrons. The first-order valence-electron chi connectivity index (χ1n) is 8.14. The van der Waals surface area contributed by atoms with Crippen LogP contribution in [0.5, 0.6) is 0 Å². The quantitative estimate of drug-likeness (QED) is 0.449. The van der Waals surface area contributed by atoms with Crippen molar-refractivity contribution in [1.82, 2.24) is 4.57 Å². The van der Waals surface area contributed by atoms with Crippen LogP contribution in [0.1, 0.15) is 23.8 Å². The molecule has 1 aliphatic heterocycles. The van der Waals surface area contributed by atoms with Crippen molar-refractivity contribution in [2.75, 3.05) is 11.5 Å². The standard InChI is InChI=1S/C18H14Cl2N2O6/c1-2-28-17(27)18(9-14(23)24)16(26)22(10-5-6-11(19)12(20)8-10)15(25)13-4-3-7-21(13)18/h3-8H,2,9H2,1H3,(H,23,24). The SMILES string of the molecule is CCOC(=O)C1(CC(=O)O)C(=O)N(c2ccc(Cl)c(Cl)c2)C(=O)c2cccn21. The van der Waals surface area contributed by atoms with Crippen molar-refractivity contribution in [2.24, 2.45) is 0 Å². The maximum Gasteiger partial charge on any atom is 0.342 e. The summed E-state index contributed by atoms with van der Waals surface area (Å²) in [7, 11) is 0. The third-order valence-corrected chi connectivity index (χ3v) is 5.06. The molecule has 1 N–H and O–H groups in total. The number of hydrogen-bond acceptors (Lipinski definition) is 5. The lowest BCUT2D eigenvalue weighted by molar-refractivity contribution is -0.163. The summed E-state index contributed by atoms with van der Waals surface area (Å²) >= 11 is 11.9. The topological polar surface area (TPSA) is 106 Å². The number of carboxylic acid groups (broad SMARTS) is 1. The Morgan fingerprint density at radius 1 is 1.18 bits per heavy atom. The van der Waals surface area contributed by atoms with E-state index < -0.39 is 35.7 Å². The largest absolute Gasteiger partial charge is 0.481 e. The number of aromatic nitrogens is 1. The molecule has 0 saturated carbocycles. The number of amides is 2. The minimum atomic E-state index is -2.28. The zero-order valence-electron chi connectivity index (χ0n) is 14.5. The third-order valence-electron chi connectivity index (χ3n) is 4.32. The summed E-state index contributed by atoms with van der Waals surface area (Å²) in [5.41, 5.74) is -2.27. The second-order valence-electron chi connectivity index (χ2n) is 5.96. The average Bonchev–Trinajstić information content (AvgIpc) is 3.12. The van der Waals surface area contributed by atoms with E-state index in [0.29, 0.717) is 0 Å². The number of imide groups is 1. The number of carbonyl (C=O) groups excluding carboxylic acids is 3. The molecule has 2 amide bonds. The van der Waals surface area contributed by atoms with Crippen LogP contribution in [0.15, 0.2) is 36.5 Å². The Morgan fingerprint density at radius 3 is 2.50 bits per heavy atom. The zero-order valence-corrected chi connectivity index (χ0v) is 16.0. The molecule has 1 aromatic heterocycles. The molecule has 1 unspecified atom stereocenters. The van der Waals surface area contributed by atoms with Crippen LogP contribution in [0.2, 0.25) is 10.0 Å². The van der Waals surface area contributed by atoms with E-state index in [1.807, 2.05) is 0 Å². The second-order valence-corrected chi connectivity index (χ2v) is 6.77. The first-order valence-corrected chi connectivity index (χ1v) is 8.90. The van der Waals surface area contributed by atoms with Gasteiger partial charge in [-0.25, -0.2) is 9.69 Å². The van der Waals surface area contributed by atoms with E-state index in [0.717, 1.165) is 9.47 Å². The number of esters is 1.